The first-order valence-corrected chi connectivity index (χ1v) is 8.30. The van der Waals surface area contributed by atoms with Crippen molar-refractivity contribution in [3.05, 3.63) is 11.8 Å². The van der Waals surface area contributed by atoms with Gasteiger partial charge in [-0.15, -0.1) is 0 Å². The van der Waals surface area contributed by atoms with E-state index >= 15 is 0 Å². The minimum atomic E-state index is 0.475. The van der Waals surface area contributed by atoms with Crippen molar-refractivity contribution in [1.82, 2.24) is 10.2 Å². The molecule has 0 amide bonds. The normalized spacial score (nSPS) is 27.4. The van der Waals surface area contributed by atoms with Crippen LogP contribution in [-0.4, -0.2) is 55.2 Å². The Labute approximate surface area is 115 Å². The third kappa shape index (κ3) is 3.65. The second-order valence-corrected chi connectivity index (χ2v) is 6.37. The fraction of sp³-hybridized carbons (Fsp3) is 0.857. The number of nitrogens with zero attached hydrogens (tertiary/aromatic N) is 1. The van der Waals surface area contributed by atoms with Gasteiger partial charge >= 0.3 is 0 Å². The maximum Gasteiger partial charge on any atom is 0.0876 e. The van der Waals surface area contributed by atoms with Crippen LogP contribution in [0.4, 0.5) is 0 Å². The van der Waals surface area contributed by atoms with Crippen LogP contribution in [0.15, 0.2) is 11.8 Å². The molecule has 2 rings (SSSR count). The molecule has 0 saturated carbocycles. The van der Waals surface area contributed by atoms with Gasteiger partial charge in [-0.05, 0) is 38.4 Å². The second kappa shape index (κ2) is 7.41. The van der Waals surface area contributed by atoms with Gasteiger partial charge in [0.1, 0.15) is 0 Å². The van der Waals surface area contributed by atoms with E-state index in [0.29, 0.717) is 12.1 Å². The summed E-state index contributed by atoms with van der Waals surface area (Å²) in [6, 6.07) is 1.09. The lowest BCUT2D eigenvalue weighted by Crippen LogP contribution is -2.54. The quantitative estimate of drug-likeness (QED) is 0.827. The number of hydrogen-bond acceptors (Lipinski definition) is 4. The van der Waals surface area contributed by atoms with Gasteiger partial charge in [-0.3, -0.25) is 4.90 Å². The van der Waals surface area contributed by atoms with Crippen molar-refractivity contribution >= 4 is 11.8 Å². The number of nitrogens with one attached hydrogen (secondary N) is 1. The lowest BCUT2D eigenvalue weighted by molar-refractivity contribution is 0.194. The van der Waals surface area contributed by atoms with Crippen molar-refractivity contribution in [3.8, 4) is 0 Å². The van der Waals surface area contributed by atoms with Crippen LogP contribution in [0.2, 0.25) is 0 Å². The molecule has 2 aliphatic rings. The molecule has 3 nitrogen and oxygen atoms in total. The molecule has 2 atom stereocenters. The topological polar surface area (TPSA) is 24.5 Å². The first kappa shape index (κ1) is 14.2. The van der Waals surface area contributed by atoms with Gasteiger partial charge in [-0.1, -0.05) is 6.92 Å². The highest BCUT2D eigenvalue weighted by Crippen LogP contribution is 2.25. The van der Waals surface area contributed by atoms with Crippen LogP contribution >= 0.6 is 11.8 Å². The Hall–Kier alpha value is -0.190. The smallest absolute Gasteiger partial charge is 0.0876 e. The van der Waals surface area contributed by atoms with E-state index in [4.69, 9.17) is 4.74 Å². The Kier molecular flexibility index (Phi) is 5.86. The molecule has 2 aliphatic heterocycles. The van der Waals surface area contributed by atoms with Crippen molar-refractivity contribution in [3.63, 3.8) is 0 Å². The van der Waals surface area contributed by atoms with Gasteiger partial charge in [0.2, 0.25) is 0 Å². The molecular formula is C14H26N2OS. The molecule has 4 heteroatoms. The lowest BCUT2D eigenvalue weighted by atomic mass is 9.95. The number of thioether (sulfide) groups is 1. The van der Waals surface area contributed by atoms with E-state index in [9.17, 15) is 0 Å². The number of likely N-dealkylation sites (N-methyl/N-ethyl adjacent to an activating group) is 1. The van der Waals surface area contributed by atoms with Crippen LogP contribution in [0.5, 0.6) is 0 Å². The largest absolute Gasteiger partial charge is 0.501 e. The molecule has 104 valence electrons. The summed E-state index contributed by atoms with van der Waals surface area (Å²) in [6.45, 7) is 5.42. The van der Waals surface area contributed by atoms with Gasteiger partial charge in [0.25, 0.3) is 0 Å². The highest BCUT2D eigenvalue weighted by Gasteiger charge is 2.30. The molecule has 1 saturated heterocycles. The maximum absolute atomic E-state index is 5.54. The van der Waals surface area contributed by atoms with Crippen LogP contribution in [0, 0.1) is 0 Å². The van der Waals surface area contributed by atoms with Gasteiger partial charge in [0.15, 0.2) is 0 Å². The summed E-state index contributed by atoms with van der Waals surface area (Å²) in [7, 11) is 2.26. The Balaban J connectivity index is 2.05. The SMILES string of the molecule is CCCNC(C1=COCCC1)C1CSCCN1C. The number of rotatable bonds is 5. The fourth-order valence-corrected chi connectivity index (χ4v) is 3.96. The minimum Gasteiger partial charge on any atom is -0.501 e. The summed E-state index contributed by atoms with van der Waals surface area (Å²) in [5, 5.41) is 3.74. The van der Waals surface area contributed by atoms with Gasteiger partial charge in [-0.25, -0.2) is 0 Å². The molecule has 1 fully saturated rings. The highest BCUT2D eigenvalue weighted by molar-refractivity contribution is 7.99. The molecule has 0 radical (unpaired) electrons. The number of hydrogen-bond donors (Lipinski definition) is 1. The maximum atomic E-state index is 5.54. The molecule has 0 aromatic heterocycles. The first-order valence-electron chi connectivity index (χ1n) is 7.15. The van der Waals surface area contributed by atoms with Crippen molar-refractivity contribution in [2.24, 2.45) is 0 Å². The molecule has 0 aromatic carbocycles. The minimum absolute atomic E-state index is 0.475. The summed E-state index contributed by atoms with van der Waals surface area (Å²) in [5.74, 6) is 2.50. The summed E-state index contributed by atoms with van der Waals surface area (Å²) in [4.78, 5) is 2.51. The highest BCUT2D eigenvalue weighted by atomic mass is 32.2. The first-order chi connectivity index (χ1) is 8.83. The average Bonchev–Trinajstić information content (AvgIpc) is 2.42. The fourth-order valence-electron chi connectivity index (χ4n) is 2.68. The Morgan fingerprint density at radius 1 is 1.61 bits per heavy atom. The van der Waals surface area contributed by atoms with Gasteiger partial charge in [-0.2, -0.15) is 11.8 Å². The molecule has 2 heterocycles. The van der Waals surface area contributed by atoms with Crippen LogP contribution in [-0.2, 0) is 4.74 Å². The predicted octanol–water partition coefficient (Wildman–Crippen LogP) is 2.10. The Morgan fingerprint density at radius 3 is 3.17 bits per heavy atom. The second-order valence-electron chi connectivity index (χ2n) is 5.22. The summed E-state index contributed by atoms with van der Waals surface area (Å²) < 4.78 is 5.54. The van der Waals surface area contributed by atoms with Crippen LogP contribution in [0.3, 0.4) is 0 Å². The lowest BCUT2D eigenvalue weighted by Gasteiger charge is -2.39. The monoisotopic (exact) mass is 270 g/mol. The molecule has 1 N–H and O–H groups in total. The van der Waals surface area contributed by atoms with Gasteiger partial charge in [0, 0.05) is 30.1 Å². The zero-order chi connectivity index (χ0) is 12.8. The van der Waals surface area contributed by atoms with Gasteiger partial charge < -0.3 is 10.1 Å². The molecule has 18 heavy (non-hydrogen) atoms. The summed E-state index contributed by atoms with van der Waals surface area (Å²) >= 11 is 2.08. The van der Waals surface area contributed by atoms with Crippen LogP contribution in [0.1, 0.15) is 26.2 Å². The third-order valence-corrected chi connectivity index (χ3v) is 4.85. The molecule has 0 bridgehead atoms. The Morgan fingerprint density at radius 2 is 2.50 bits per heavy atom. The van der Waals surface area contributed by atoms with Crippen molar-refractivity contribution in [1.29, 1.82) is 0 Å². The number of ether oxygens (including phenoxy) is 1. The van der Waals surface area contributed by atoms with E-state index in [2.05, 4.69) is 35.9 Å². The van der Waals surface area contributed by atoms with Crippen molar-refractivity contribution < 1.29 is 4.74 Å². The van der Waals surface area contributed by atoms with E-state index in [1.807, 2.05) is 6.26 Å². The van der Waals surface area contributed by atoms with Gasteiger partial charge in [0.05, 0.1) is 12.9 Å². The zero-order valence-corrected chi connectivity index (χ0v) is 12.5. The molecule has 0 spiro atoms. The predicted molar refractivity (Wildman–Crippen MR) is 79.1 cm³/mol. The van der Waals surface area contributed by atoms with E-state index in [0.717, 1.165) is 13.2 Å². The van der Waals surface area contributed by atoms with E-state index in [1.54, 1.807) is 0 Å². The van der Waals surface area contributed by atoms with E-state index < -0.39 is 0 Å². The molecule has 0 aromatic rings. The summed E-state index contributed by atoms with van der Waals surface area (Å²) in [6.07, 6.45) is 5.56. The van der Waals surface area contributed by atoms with Crippen molar-refractivity contribution in [2.75, 3.05) is 38.2 Å². The van der Waals surface area contributed by atoms with Crippen LogP contribution in [0.25, 0.3) is 0 Å². The summed E-state index contributed by atoms with van der Waals surface area (Å²) in [5.41, 5.74) is 1.47. The standard InChI is InChI=1S/C14H26N2OS/c1-3-6-15-14(12-5-4-8-17-10-12)13-11-18-9-7-16(13)2/h10,13-15H,3-9,11H2,1-2H3. The third-order valence-electron chi connectivity index (χ3n) is 3.80. The molecule has 2 unspecified atom stereocenters. The molecular weight excluding hydrogens is 244 g/mol. The van der Waals surface area contributed by atoms with E-state index in [1.165, 1.54) is 42.9 Å². The van der Waals surface area contributed by atoms with Crippen LogP contribution < -0.4 is 5.32 Å². The van der Waals surface area contributed by atoms with Crippen molar-refractivity contribution in [2.45, 2.75) is 38.3 Å². The zero-order valence-electron chi connectivity index (χ0n) is 11.7. The Bertz CT molecular complexity index is 283. The molecule has 0 aliphatic carbocycles. The van der Waals surface area contributed by atoms with E-state index in [-0.39, 0.29) is 0 Å². The average molecular weight is 270 g/mol.